The molecule has 2 rings (SSSR count). The van der Waals surface area contributed by atoms with Crippen LogP contribution < -0.4 is 15.7 Å². The molecule has 1 unspecified atom stereocenters. The number of nitrogens with one attached hydrogen (secondary N) is 3. The van der Waals surface area contributed by atoms with Crippen LogP contribution in [0.5, 0.6) is 5.75 Å². The summed E-state index contributed by atoms with van der Waals surface area (Å²) in [7, 11) is 1.54. The van der Waals surface area contributed by atoms with Gasteiger partial charge in [0.1, 0.15) is 5.75 Å². The fraction of sp³-hybridized carbons (Fsp3) is 0.364. The van der Waals surface area contributed by atoms with Gasteiger partial charge in [-0.25, -0.2) is 4.79 Å². The maximum atomic E-state index is 11.2. The second kappa shape index (κ2) is 5.32. The van der Waals surface area contributed by atoms with Gasteiger partial charge < -0.3 is 25.1 Å². The first-order valence-electron chi connectivity index (χ1n) is 5.42. The van der Waals surface area contributed by atoms with E-state index in [1.54, 1.807) is 12.1 Å². The van der Waals surface area contributed by atoms with Gasteiger partial charge in [-0.15, -0.1) is 11.6 Å². The second-order valence-corrected chi connectivity index (χ2v) is 4.17. The molecule has 0 fully saturated rings. The zero-order valence-corrected chi connectivity index (χ0v) is 10.5. The van der Waals surface area contributed by atoms with Gasteiger partial charge in [0.05, 0.1) is 35.8 Å². The van der Waals surface area contributed by atoms with E-state index >= 15 is 0 Å². The number of imidazole rings is 1. The predicted molar refractivity (Wildman–Crippen MR) is 70.7 cm³/mol. The van der Waals surface area contributed by atoms with Gasteiger partial charge in [-0.05, 0) is 6.07 Å². The summed E-state index contributed by atoms with van der Waals surface area (Å²) in [6.45, 7) is 0.306. The van der Waals surface area contributed by atoms with Crippen LogP contribution in [0.15, 0.2) is 16.9 Å². The predicted octanol–water partition coefficient (Wildman–Crippen LogP) is 0.876. The number of methoxy groups -OCH3 is 1. The van der Waals surface area contributed by atoms with Crippen LogP contribution in [0, 0.1) is 0 Å². The van der Waals surface area contributed by atoms with E-state index in [0.717, 1.165) is 0 Å². The second-order valence-electron chi connectivity index (χ2n) is 3.87. The van der Waals surface area contributed by atoms with Crippen molar-refractivity contribution in [2.75, 3.05) is 24.9 Å². The molecule has 0 radical (unpaired) electrons. The Morgan fingerprint density at radius 3 is 2.72 bits per heavy atom. The number of H-pyrrole nitrogens is 2. The number of halogens is 1. The van der Waals surface area contributed by atoms with Crippen LogP contribution >= 0.6 is 11.6 Å². The lowest BCUT2D eigenvalue weighted by atomic mass is 10.2. The van der Waals surface area contributed by atoms with Gasteiger partial charge in [0.15, 0.2) is 0 Å². The fourth-order valence-corrected chi connectivity index (χ4v) is 1.76. The number of rotatable bonds is 5. The molecule has 0 amide bonds. The van der Waals surface area contributed by atoms with Gasteiger partial charge in [-0.1, -0.05) is 0 Å². The Kier molecular flexibility index (Phi) is 3.78. The van der Waals surface area contributed by atoms with Crippen molar-refractivity contribution >= 4 is 28.3 Å². The fourth-order valence-electron chi connectivity index (χ4n) is 1.65. The van der Waals surface area contributed by atoms with Crippen molar-refractivity contribution in [1.29, 1.82) is 0 Å². The molecule has 0 spiro atoms. The van der Waals surface area contributed by atoms with Crippen molar-refractivity contribution in [3.05, 3.63) is 22.6 Å². The molecule has 0 saturated carbocycles. The highest BCUT2D eigenvalue weighted by Gasteiger charge is 2.09. The monoisotopic (exact) mass is 271 g/mol. The van der Waals surface area contributed by atoms with Crippen molar-refractivity contribution in [2.45, 2.75) is 6.10 Å². The Balaban J connectivity index is 2.32. The van der Waals surface area contributed by atoms with Gasteiger partial charge in [-0.2, -0.15) is 0 Å². The largest absolute Gasteiger partial charge is 0.495 e. The highest BCUT2D eigenvalue weighted by atomic mass is 35.5. The molecule has 4 N–H and O–H groups in total. The Morgan fingerprint density at radius 1 is 1.44 bits per heavy atom. The van der Waals surface area contributed by atoms with Crippen LogP contribution in [0.4, 0.5) is 5.69 Å². The van der Waals surface area contributed by atoms with Crippen LogP contribution in [0.1, 0.15) is 0 Å². The third-order valence-corrected chi connectivity index (χ3v) is 2.90. The minimum Gasteiger partial charge on any atom is -0.495 e. The summed E-state index contributed by atoms with van der Waals surface area (Å²) in [4.78, 5) is 16.5. The number of hydrogen-bond acceptors (Lipinski definition) is 4. The van der Waals surface area contributed by atoms with E-state index in [-0.39, 0.29) is 11.6 Å². The van der Waals surface area contributed by atoms with E-state index < -0.39 is 6.10 Å². The molecule has 2 aromatic rings. The zero-order chi connectivity index (χ0) is 13.1. The van der Waals surface area contributed by atoms with Crippen LogP contribution in [-0.2, 0) is 0 Å². The molecule has 0 saturated heterocycles. The Hall–Kier alpha value is -1.66. The highest BCUT2D eigenvalue weighted by molar-refractivity contribution is 6.18. The molecule has 98 valence electrons. The molecule has 0 aliphatic heterocycles. The van der Waals surface area contributed by atoms with Crippen molar-refractivity contribution in [3.8, 4) is 5.75 Å². The molecule has 1 aromatic carbocycles. The Bertz CT molecular complexity index is 593. The number of fused-ring (bicyclic) bond motifs is 1. The number of hydrogen-bond donors (Lipinski definition) is 4. The lowest BCUT2D eigenvalue weighted by Gasteiger charge is -2.13. The smallest absolute Gasteiger partial charge is 0.323 e. The maximum Gasteiger partial charge on any atom is 0.323 e. The van der Waals surface area contributed by atoms with Gasteiger partial charge >= 0.3 is 5.69 Å². The Morgan fingerprint density at radius 2 is 2.11 bits per heavy atom. The summed E-state index contributed by atoms with van der Waals surface area (Å²) < 4.78 is 5.22. The van der Waals surface area contributed by atoms with Crippen LogP contribution in [0.3, 0.4) is 0 Å². The lowest BCUT2D eigenvalue weighted by molar-refractivity contribution is 0.211. The van der Waals surface area contributed by atoms with E-state index in [1.807, 2.05) is 0 Å². The van der Waals surface area contributed by atoms with Crippen molar-refractivity contribution in [3.63, 3.8) is 0 Å². The number of benzene rings is 1. The summed E-state index contributed by atoms with van der Waals surface area (Å²) >= 11 is 5.52. The van der Waals surface area contributed by atoms with Crippen molar-refractivity contribution in [1.82, 2.24) is 9.97 Å². The molecule has 0 aliphatic rings. The SMILES string of the molecule is COc1cc2[nH]c(=O)[nH]c2cc1NCC(O)CCl. The quantitative estimate of drug-likeness (QED) is 0.608. The van der Waals surface area contributed by atoms with E-state index in [2.05, 4.69) is 15.3 Å². The molecule has 1 atom stereocenters. The molecule has 6 nitrogen and oxygen atoms in total. The standard InChI is InChI=1S/C11H14ClN3O3/c1-18-10-3-8-7(14-11(17)15-8)2-9(10)13-5-6(16)4-12/h2-3,6,13,16H,4-5H2,1H3,(H2,14,15,17). The topological polar surface area (TPSA) is 90.1 Å². The lowest BCUT2D eigenvalue weighted by Crippen LogP contribution is -2.21. The molecule has 1 aromatic heterocycles. The van der Waals surface area contributed by atoms with Gasteiger partial charge in [0, 0.05) is 12.6 Å². The molecule has 0 aliphatic carbocycles. The zero-order valence-electron chi connectivity index (χ0n) is 9.79. The highest BCUT2D eigenvalue weighted by Crippen LogP contribution is 2.28. The molecule has 7 heteroatoms. The summed E-state index contributed by atoms with van der Waals surface area (Å²) in [5, 5.41) is 12.4. The molecule has 1 heterocycles. The normalized spacial score (nSPS) is 12.6. The maximum absolute atomic E-state index is 11.2. The molecular weight excluding hydrogens is 258 g/mol. The number of aromatic nitrogens is 2. The minimum atomic E-state index is -0.641. The van der Waals surface area contributed by atoms with Crippen LogP contribution in [-0.4, -0.2) is 40.7 Å². The van der Waals surface area contributed by atoms with Crippen molar-refractivity contribution in [2.24, 2.45) is 0 Å². The number of ether oxygens (including phenoxy) is 1. The van der Waals surface area contributed by atoms with E-state index in [0.29, 0.717) is 29.0 Å². The van der Waals surface area contributed by atoms with Gasteiger partial charge in [0.25, 0.3) is 0 Å². The number of aliphatic hydroxyl groups excluding tert-OH is 1. The first-order valence-corrected chi connectivity index (χ1v) is 5.95. The first kappa shape index (κ1) is 12.8. The third-order valence-electron chi connectivity index (χ3n) is 2.54. The van der Waals surface area contributed by atoms with Gasteiger partial charge in [-0.3, -0.25) is 0 Å². The van der Waals surface area contributed by atoms with Gasteiger partial charge in [0.2, 0.25) is 0 Å². The van der Waals surface area contributed by atoms with Crippen LogP contribution in [0.2, 0.25) is 0 Å². The summed E-state index contributed by atoms with van der Waals surface area (Å²) in [6, 6.07) is 3.45. The average molecular weight is 272 g/mol. The first-order chi connectivity index (χ1) is 8.63. The average Bonchev–Trinajstić information content (AvgIpc) is 2.73. The Labute approximate surface area is 108 Å². The third kappa shape index (κ3) is 2.60. The van der Waals surface area contributed by atoms with Crippen molar-refractivity contribution < 1.29 is 9.84 Å². The number of aromatic amines is 2. The molecular formula is C11H14ClN3O3. The van der Waals surface area contributed by atoms with Crippen LogP contribution in [0.25, 0.3) is 11.0 Å². The molecule has 18 heavy (non-hydrogen) atoms. The molecule has 0 bridgehead atoms. The minimum absolute atomic E-state index is 0.151. The summed E-state index contributed by atoms with van der Waals surface area (Å²) in [6.07, 6.45) is -0.641. The van der Waals surface area contributed by atoms with E-state index in [9.17, 15) is 9.90 Å². The number of alkyl halides is 1. The van der Waals surface area contributed by atoms with E-state index in [4.69, 9.17) is 16.3 Å². The van der Waals surface area contributed by atoms with E-state index in [1.165, 1.54) is 7.11 Å². The summed E-state index contributed by atoms with van der Waals surface area (Å²) in [5.41, 5.74) is 1.75. The summed E-state index contributed by atoms with van der Waals surface area (Å²) in [5.74, 6) is 0.734. The number of aliphatic hydroxyl groups is 1. The number of anilines is 1.